The van der Waals surface area contributed by atoms with Gasteiger partial charge < -0.3 is 9.16 Å². The van der Waals surface area contributed by atoms with E-state index in [0.717, 1.165) is 12.8 Å². The molecule has 0 amide bonds. The highest BCUT2D eigenvalue weighted by molar-refractivity contribution is 6.74. The van der Waals surface area contributed by atoms with Crippen molar-refractivity contribution < 1.29 is 14.0 Å². The lowest BCUT2D eigenvalue weighted by Crippen LogP contribution is -2.46. The second-order valence-corrected chi connectivity index (χ2v) is 11.7. The first-order valence-electron chi connectivity index (χ1n) is 6.97. The molecule has 0 spiro atoms. The largest absolute Gasteiger partial charge is 0.465 e. The van der Waals surface area contributed by atoms with E-state index < -0.39 is 8.32 Å². The van der Waals surface area contributed by atoms with Crippen molar-refractivity contribution in [1.29, 1.82) is 0 Å². The highest BCUT2D eigenvalue weighted by atomic mass is 28.4. The van der Waals surface area contributed by atoms with Gasteiger partial charge in [-0.15, -0.1) is 0 Å². The topological polar surface area (TPSA) is 35.5 Å². The van der Waals surface area contributed by atoms with Crippen LogP contribution >= 0.6 is 0 Å². The lowest BCUT2D eigenvalue weighted by molar-refractivity contribution is -0.147. The Labute approximate surface area is 112 Å². The zero-order valence-electron chi connectivity index (χ0n) is 12.7. The fraction of sp³-hybridized carbons (Fsp3) is 0.929. The van der Waals surface area contributed by atoms with Gasteiger partial charge in [-0.3, -0.25) is 4.79 Å². The summed E-state index contributed by atoms with van der Waals surface area (Å²) in [6.07, 6.45) is 2.62. The molecule has 1 fully saturated rings. The molecular weight excluding hydrogens is 244 g/mol. The molecule has 1 aliphatic rings. The second kappa shape index (κ2) is 5.74. The van der Waals surface area contributed by atoms with Crippen LogP contribution in [-0.2, 0) is 14.0 Å². The first-order chi connectivity index (χ1) is 8.13. The summed E-state index contributed by atoms with van der Waals surface area (Å²) in [5, 5.41) is 0.228. The predicted octanol–water partition coefficient (Wildman–Crippen LogP) is 3.74. The molecule has 0 unspecified atom stereocenters. The molecule has 18 heavy (non-hydrogen) atoms. The van der Waals surface area contributed by atoms with Crippen molar-refractivity contribution in [3.63, 3.8) is 0 Å². The number of carbonyl (C=O) groups excluding carboxylic acids is 1. The minimum Gasteiger partial charge on any atom is -0.465 e. The van der Waals surface area contributed by atoms with E-state index in [2.05, 4.69) is 40.8 Å². The third kappa shape index (κ3) is 4.09. The first-order valence-corrected chi connectivity index (χ1v) is 9.88. The summed E-state index contributed by atoms with van der Waals surface area (Å²) in [6, 6.07) is 0. The minimum absolute atomic E-state index is 0.0624. The molecule has 0 aromatic heterocycles. The van der Waals surface area contributed by atoms with Gasteiger partial charge >= 0.3 is 5.97 Å². The van der Waals surface area contributed by atoms with Gasteiger partial charge in [0.2, 0.25) is 0 Å². The number of rotatable bonds is 2. The Morgan fingerprint density at radius 1 is 1.33 bits per heavy atom. The summed E-state index contributed by atoms with van der Waals surface area (Å²) >= 11 is 0. The van der Waals surface area contributed by atoms with Crippen LogP contribution in [0.5, 0.6) is 0 Å². The van der Waals surface area contributed by atoms with Crippen molar-refractivity contribution in [3.05, 3.63) is 0 Å². The van der Waals surface area contributed by atoms with Crippen LogP contribution in [-0.4, -0.2) is 27.0 Å². The molecule has 0 aromatic carbocycles. The smallest absolute Gasteiger partial charge is 0.305 e. The maximum absolute atomic E-state index is 11.3. The van der Waals surface area contributed by atoms with E-state index in [0.29, 0.717) is 18.9 Å². The van der Waals surface area contributed by atoms with Crippen LogP contribution in [0.4, 0.5) is 0 Å². The van der Waals surface area contributed by atoms with Crippen molar-refractivity contribution >= 4 is 14.3 Å². The second-order valence-electron chi connectivity index (χ2n) is 6.97. The van der Waals surface area contributed by atoms with E-state index in [-0.39, 0.29) is 17.1 Å². The predicted molar refractivity (Wildman–Crippen MR) is 76.0 cm³/mol. The lowest BCUT2D eigenvalue weighted by Gasteiger charge is -2.41. The first kappa shape index (κ1) is 15.7. The lowest BCUT2D eigenvalue weighted by atomic mass is 9.99. The number of carbonyl (C=O) groups is 1. The Morgan fingerprint density at radius 3 is 2.50 bits per heavy atom. The van der Waals surface area contributed by atoms with Crippen LogP contribution in [0.15, 0.2) is 0 Å². The zero-order chi connectivity index (χ0) is 14.0. The minimum atomic E-state index is -1.73. The molecule has 0 saturated carbocycles. The normalized spacial score (nSPS) is 27.3. The summed E-state index contributed by atoms with van der Waals surface area (Å²) in [4.78, 5) is 11.3. The molecule has 0 aliphatic carbocycles. The highest BCUT2D eigenvalue weighted by Crippen LogP contribution is 2.38. The van der Waals surface area contributed by atoms with E-state index in [1.807, 2.05) is 0 Å². The van der Waals surface area contributed by atoms with Crippen molar-refractivity contribution in [2.75, 3.05) is 6.61 Å². The monoisotopic (exact) mass is 272 g/mol. The molecule has 1 rings (SSSR count). The molecule has 3 nitrogen and oxygen atoms in total. The van der Waals surface area contributed by atoms with Gasteiger partial charge in [-0.1, -0.05) is 27.7 Å². The number of cyclic esters (lactones) is 1. The molecule has 1 saturated heterocycles. The average molecular weight is 272 g/mol. The maximum Gasteiger partial charge on any atom is 0.305 e. The van der Waals surface area contributed by atoms with Crippen LogP contribution in [0.2, 0.25) is 18.1 Å². The molecule has 4 heteroatoms. The Balaban J connectivity index is 2.67. The van der Waals surface area contributed by atoms with Gasteiger partial charge in [-0.2, -0.15) is 0 Å². The van der Waals surface area contributed by atoms with Crippen molar-refractivity contribution in [3.8, 4) is 0 Å². The summed E-state index contributed by atoms with van der Waals surface area (Å²) in [5.74, 6) is 0.232. The molecule has 0 radical (unpaired) electrons. The van der Waals surface area contributed by atoms with Gasteiger partial charge in [-0.25, -0.2) is 0 Å². The Kier molecular flexibility index (Phi) is 5.01. The molecule has 2 atom stereocenters. The van der Waals surface area contributed by atoms with Crippen molar-refractivity contribution in [2.45, 2.75) is 71.2 Å². The maximum atomic E-state index is 11.3. The summed E-state index contributed by atoms with van der Waals surface area (Å²) in [7, 11) is -1.73. The Hall–Kier alpha value is -0.353. The number of hydrogen-bond acceptors (Lipinski definition) is 3. The molecule has 0 aromatic rings. The fourth-order valence-corrected chi connectivity index (χ4v) is 3.33. The SMILES string of the molecule is C[C@H]1COC(=O)CCC[C@H]1O[Si](C)(C)C(C)(C)C. The number of esters is 1. The number of hydrogen-bond donors (Lipinski definition) is 0. The van der Waals surface area contributed by atoms with Gasteiger partial charge in [0.1, 0.15) is 0 Å². The van der Waals surface area contributed by atoms with Gasteiger partial charge in [0.25, 0.3) is 0 Å². The molecule has 1 heterocycles. The third-order valence-corrected chi connectivity index (χ3v) is 8.77. The molecule has 0 N–H and O–H groups in total. The zero-order valence-corrected chi connectivity index (χ0v) is 13.7. The Morgan fingerprint density at radius 2 is 1.94 bits per heavy atom. The standard InChI is InChI=1S/C14H28O3Si/c1-11-10-16-13(15)9-7-8-12(11)17-18(5,6)14(2,3)4/h11-12H,7-10H2,1-6H3/t11-,12+/m0/s1. The third-order valence-electron chi connectivity index (χ3n) is 4.26. The summed E-state index contributed by atoms with van der Waals surface area (Å²) in [6.45, 7) is 14.0. The summed E-state index contributed by atoms with van der Waals surface area (Å²) in [5.41, 5.74) is 0. The quantitative estimate of drug-likeness (QED) is 0.567. The molecule has 1 aliphatic heterocycles. The van der Waals surface area contributed by atoms with Crippen LogP contribution in [0.3, 0.4) is 0 Å². The highest BCUT2D eigenvalue weighted by Gasteiger charge is 2.40. The van der Waals surface area contributed by atoms with Crippen molar-refractivity contribution in [2.24, 2.45) is 5.92 Å². The summed E-state index contributed by atoms with van der Waals surface area (Å²) < 4.78 is 11.7. The van der Waals surface area contributed by atoms with Crippen LogP contribution in [0.25, 0.3) is 0 Å². The van der Waals surface area contributed by atoms with Crippen molar-refractivity contribution in [1.82, 2.24) is 0 Å². The van der Waals surface area contributed by atoms with Gasteiger partial charge in [0.15, 0.2) is 8.32 Å². The van der Waals surface area contributed by atoms with Gasteiger partial charge in [0.05, 0.1) is 12.7 Å². The van der Waals surface area contributed by atoms with Crippen LogP contribution < -0.4 is 0 Å². The van der Waals surface area contributed by atoms with Crippen LogP contribution in [0, 0.1) is 5.92 Å². The van der Waals surface area contributed by atoms with Crippen LogP contribution in [0.1, 0.15) is 47.0 Å². The van der Waals surface area contributed by atoms with E-state index >= 15 is 0 Å². The molecule has 106 valence electrons. The van der Waals surface area contributed by atoms with E-state index in [1.165, 1.54) is 0 Å². The Bertz CT molecular complexity index is 294. The average Bonchev–Trinajstić information content (AvgIpc) is 2.21. The molecule has 0 bridgehead atoms. The van der Waals surface area contributed by atoms with Gasteiger partial charge in [0, 0.05) is 12.3 Å². The van der Waals surface area contributed by atoms with E-state index in [4.69, 9.17) is 9.16 Å². The van der Waals surface area contributed by atoms with E-state index in [9.17, 15) is 4.79 Å². The molecular formula is C14H28O3Si. The fourth-order valence-electron chi connectivity index (χ4n) is 1.87. The van der Waals surface area contributed by atoms with E-state index in [1.54, 1.807) is 0 Å². The number of ether oxygens (including phenoxy) is 1. The van der Waals surface area contributed by atoms with Gasteiger partial charge in [-0.05, 0) is 31.0 Å².